The molecular formula is C18H33IN6. The fraction of sp³-hybridized carbons (Fsp3) is 0.778. The monoisotopic (exact) mass is 460 g/mol. The van der Waals surface area contributed by atoms with Crippen molar-refractivity contribution in [2.45, 2.75) is 38.3 Å². The Balaban J connectivity index is 0.00000225. The van der Waals surface area contributed by atoms with E-state index in [1.54, 1.807) is 0 Å². The minimum atomic E-state index is 0. The van der Waals surface area contributed by atoms with Crippen LogP contribution in [-0.4, -0.2) is 72.1 Å². The molecule has 1 aromatic heterocycles. The molecule has 1 saturated heterocycles. The molecule has 6 nitrogen and oxygen atoms in total. The Bertz CT molecular complexity index is 538. The van der Waals surface area contributed by atoms with Crippen LogP contribution >= 0.6 is 24.0 Å². The number of nitrogens with one attached hydrogen (secondary N) is 1. The molecule has 1 aliphatic carbocycles. The van der Waals surface area contributed by atoms with Crippen molar-refractivity contribution < 1.29 is 0 Å². The minimum Gasteiger partial charge on any atom is -0.355 e. The molecule has 0 bridgehead atoms. The summed E-state index contributed by atoms with van der Waals surface area (Å²) in [6.07, 6.45) is 9.81. The highest BCUT2D eigenvalue weighted by Crippen LogP contribution is 2.34. The van der Waals surface area contributed by atoms with Crippen LogP contribution in [0.15, 0.2) is 23.7 Å². The van der Waals surface area contributed by atoms with Crippen LogP contribution in [0.2, 0.25) is 0 Å². The molecule has 7 heteroatoms. The number of aliphatic imine (C=N–C) groups is 1. The molecule has 2 aliphatic rings. The predicted molar refractivity (Wildman–Crippen MR) is 114 cm³/mol. The topological polar surface area (TPSA) is 48.7 Å². The number of imidazole rings is 1. The second-order valence-electron chi connectivity index (χ2n) is 7.59. The number of hydrogen-bond acceptors (Lipinski definition) is 3. The van der Waals surface area contributed by atoms with E-state index in [9.17, 15) is 0 Å². The van der Waals surface area contributed by atoms with Crippen molar-refractivity contribution in [3.63, 3.8) is 0 Å². The fourth-order valence-electron chi connectivity index (χ4n) is 3.88. The molecule has 2 heterocycles. The Morgan fingerprint density at radius 1 is 1.36 bits per heavy atom. The second kappa shape index (κ2) is 9.21. The SMILES string of the molecule is CN=C(NCC(C1CC1)N(C)C)N1CCC(C)C(n2ccnc2)C1.I. The van der Waals surface area contributed by atoms with Crippen LogP contribution in [0.5, 0.6) is 0 Å². The molecule has 1 aliphatic heterocycles. The van der Waals surface area contributed by atoms with Crippen molar-refractivity contribution in [1.29, 1.82) is 0 Å². The summed E-state index contributed by atoms with van der Waals surface area (Å²) in [6, 6.07) is 1.07. The zero-order valence-corrected chi connectivity index (χ0v) is 18.3. The van der Waals surface area contributed by atoms with Crippen LogP contribution in [0.3, 0.4) is 0 Å². The first-order valence-electron chi connectivity index (χ1n) is 9.19. The van der Waals surface area contributed by atoms with Gasteiger partial charge in [0.15, 0.2) is 5.96 Å². The summed E-state index contributed by atoms with van der Waals surface area (Å²) in [5.41, 5.74) is 0. The Labute approximate surface area is 169 Å². The number of aromatic nitrogens is 2. The van der Waals surface area contributed by atoms with Crippen LogP contribution in [0.4, 0.5) is 0 Å². The van der Waals surface area contributed by atoms with Gasteiger partial charge in [-0.05, 0) is 45.2 Å². The Kier molecular flexibility index (Phi) is 7.54. The van der Waals surface area contributed by atoms with Crippen molar-refractivity contribution >= 4 is 29.9 Å². The summed E-state index contributed by atoms with van der Waals surface area (Å²) in [7, 11) is 6.27. The molecule has 1 N–H and O–H groups in total. The van der Waals surface area contributed by atoms with Gasteiger partial charge < -0.3 is 19.7 Å². The molecule has 0 aromatic carbocycles. The zero-order valence-electron chi connectivity index (χ0n) is 15.9. The third kappa shape index (κ3) is 5.09. The summed E-state index contributed by atoms with van der Waals surface area (Å²) in [6.45, 7) is 5.38. The van der Waals surface area contributed by atoms with E-state index in [1.165, 1.54) is 19.3 Å². The highest BCUT2D eigenvalue weighted by atomic mass is 127. The highest BCUT2D eigenvalue weighted by molar-refractivity contribution is 14.0. The van der Waals surface area contributed by atoms with E-state index in [1.807, 2.05) is 19.6 Å². The lowest BCUT2D eigenvalue weighted by molar-refractivity contribution is 0.187. The van der Waals surface area contributed by atoms with Crippen molar-refractivity contribution in [1.82, 2.24) is 24.7 Å². The van der Waals surface area contributed by atoms with Crippen LogP contribution in [0.1, 0.15) is 32.2 Å². The van der Waals surface area contributed by atoms with Crippen molar-refractivity contribution in [3.05, 3.63) is 18.7 Å². The van der Waals surface area contributed by atoms with E-state index in [2.05, 4.69) is 56.9 Å². The first-order chi connectivity index (χ1) is 11.6. The maximum Gasteiger partial charge on any atom is 0.193 e. The van der Waals surface area contributed by atoms with Crippen LogP contribution < -0.4 is 5.32 Å². The molecule has 0 spiro atoms. The third-order valence-corrected chi connectivity index (χ3v) is 5.64. The van der Waals surface area contributed by atoms with Gasteiger partial charge in [0, 0.05) is 45.1 Å². The van der Waals surface area contributed by atoms with E-state index < -0.39 is 0 Å². The van der Waals surface area contributed by atoms with Gasteiger partial charge in [0.05, 0.1) is 12.4 Å². The summed E-state index contributed by atoms with van der Waals surface area (Å²) in [5, 5.41) is 3.63. The number of halogens is 1. The molecule has 0 amide bonds. The Morgan fingerprint density at radius 3 is 2.68 bits per heavy atom. The lowest BCUT2D eigenvalue weighted by Crippen LogP contribution is -2.51. The standard InChI is InChI=1S/C18H32N6.HI/c1-14-7-9-23(12-17(14)24-10-8-20-13-24)18(19-2)21-11-16(22(3)4)15-5-6-15;/h8,10,13-17H,5-7,9,11-12H2,1-4H3,(H,19,21);1H. The summed E-state index contributed by atoms with van der Waals surface area (Å²) in [4.78, 5) is 13.5. The first kappa shape index (κ1) is 20.5. The number of nitrogens with zero attached hydrogens (tertiary/aromatic N) is 5. The van der Waals surface area contributed by atoms with Gasteiger partial charge in [0.2, 0.25) is 0 Å². The Morgan fingerprint density at radius 2 is 2.12 bits per heavy atom. The van der Waals surface area contributed by atoms with E-state index >= 15 is 0 Å². The van der Waals surface area contributed by atoms with Gasteiger partial charge in [-0.2, -0.15) is 0 Å². The van der Waals surface area contributed by atoms with Gasteiger partial charge in [-0.15, -0.1) is 24.0 Å². The second-order valence-corrected chi connectivity index (χ2v) is 7.59. The molecule has 1 aromatic rings. The van der Waals surface area contributed by atoms with Gasteiger partial charge >= 0.3 is 0 Å². The van der Waals surface area contributed by atoms with E-state index in [4.69, 9.17) is 0 Å². The lowest BCUT2D eigenvalue weighted by Gasteiger charge is -2.39. The van der Waals surface area contributed by atoms with Gasteiger partial charge in [0.25, 0.3) is 0 Å². The summed E-state index contributed by atoms with van der Waals surface area (Å²) in [5.74, 6) is 2.56. The van der Waals surface area contributed by atoms with Gasteiger partial charge in [-0.1, -0.05) is 6.92 Å². The molecule has 0 radical (unpaired) electrons. The van der Waals surface area contributed by atoms with E-state index in [0.717, 1.165) is 31.5 Å². The van der Waals surface area contributed by atoms with Crippen LogP contribution in [0, 0.1) is 11.8 Å². The average Bonchev–Trinajstić information content (AvgIpc) is 3.25. The number of guanidine groups is 1. The molecule has 142 valence electrons. The highest BCUT2D eigenvalue weighted by Gasteiger charge is 2.33. The largest absolute Gasteiger partial charge is 0.355 e. The zero-order chi connectivity index (χ0) is 17.1. The minimum absolute atomic E-state index is 0. The maximum atomic E-state index is 4.55. The Hall–Kier alpha value is -0.830. The number of piperidine rings is 1. The molecule has 3 atom stereocenters. The molecule has 1 saturated carbocycles. The quantitative estimate of drug-likeness (QED) is 0.416. The third-order valence-electron chi connectivity index (χ3n) is 5.64. The number of hydrogen-bond donors (Lipinski definition) is 1. The van der Waals surface area contributed by atoms with Crippen LogP contribution in [-0.2, 0) is 0 Å². The molecule has 25 heavy (non-hydrogen) atoms. The molecule has 3 unspecified atom stereocenters. The number of likely N-dealkylation sites (N-methyl/N-ethyl adjacent to an activating group) is 1. The van der Waals surface area contributed by atoms with E-state index in [-0.39, 0.29) is 24.0 Å². The van der Waals surface area contributed by atoms with Gasteiger partial charge in [-0.25, -0.2) is 4.98 Å². The van der Waals surface area contributed by atoms with Crippen molar-refractivity contribution in [2.75, 3.05) is 40.8 Å². The first-order valence-corrected chi connectivity index (χ1v) is 9.19. The normalized spacial score (nSPS) is 25.6. The summed E-state index contributed by atoms with van der Waals surface area (Å²) >= 11 is 0. The summed E-state index contributed by atoms with van der Waals surface area (Å²) < 4.78 is 2.25. The average molecular weight is 460 g/mol. The number of likely N-dealkylation sites (tertiary alicyclic amines) is 1. The fourth-order valence-corrected chi connectivity index (χ4v) is 3.88. The van der Waals surface area contributed by atoms with Crippen LogP contribution in [0.25, 0.3) is 0 Å². The molecule has 2 fully saturated rings. The molecule has 3 rings (SSSR count). The maximum absolute atomic E-state index is 4.55. The predicted octanol–water partition coefficient (Wildman–Crippen LogP) is 2.30. The smallest absolute Gasteiger partial charge is 0.193 e. The lowest BCUT2D eigenvalue weighted by atomic mass is 9.93. The van der Waals surface area contributed by atoms with Crippen molar-refractivity contribution in [3.8, 4) is 0 Å². The molecular weight excluding hydrogens is 427 g/mol. The van der Waals surface area contributed by atoms with Gasteiger partial charge in [-0.3, -0.25) is 4.99 Å². The van der Waals surface area contributed by atoms with Crippen molar-refractivity contribution in [2.24, 2.45) is 16.8 Å². The van der Waals surface area contributed by atoms with E-state index in [0.29, 0.717) is 18.0 Å². The van der Waals surface area contributed by atoms with Gasteiger partial charge in [0.1, 0.15) is 0 Å². The number of rotatable bonds is 5.